The van der Waals surface area contributed by atoms with Gasteiger partial charge in [0, 0.05) is 18.4 Å². The Hall–Kier alpha value is -1.67. The van der Waals surface area contributed by atoms with E-state index in [0.29, 0.717) is 26.1 Å². The van der Waals surface area contributed by atoms with E-state index in [1.165, 1.54) is 6.26 Å². The number of fused-ring (bicyclic) bond motifs is 1. The smallest absolute Gasteiger partial charge is 0.157 e. The van der Waals surface area contributed by atoms with Gasteiger partial charge in [-0.25, -0.2) is 17.9 Å². The third-order valence-corrected chi connectivity index (χ3v) is 6.99. The zero-order valence-corrected chi connectivity index (χ0v) is 14.1. The van der Waals surface area contributed by atoms with Crippen LogP contribution in [0.2, 0.25) is 0 Å². The third-order valence-electron chi connectivity index (χ3n) is 4.95. The van der Waals surface area contributed by atoms with Crippen LogP contribution < -0.4 is 4.90 Å². The quantitative estimate of drug-likeness (QED) is 0.832. The molecule has 2 aromatic rings. The number of imidazole rings is 1. The lowest BCUT2D eigenvalue weighted by Gasteiger charge is -2.34. The summed E-state index contributed by atoms with van der Waals surface area (Å²) >= 11 is 0. The van der Waals surface area contributed by atoms with Gasteiger partial charge in [0.15, 0.2) is 9.84 Å². The van der Waals surface area contributed by atoms with Gasteiger partial charge in [-0.1, -0.05) is 0 Å². The number of morpholine rings is 1. The van der Waals surface area contributed by atoms with Crippen LogP contribution in [-0.4, -0.2) is 55.1 Å². The van der Waals surface area contributed by atoms with Crippen molar-refractivity contribution in [2.75, 3.05) is 30.9 Å². The first-order valence-electron chi connectivity index (χ1n) is 7.80. The number of sulfone groups is 1. The van der Waals surface area contributed by atoms with Crippen molar-refractivity contribution in [1.29, 1.82) is 0 Å². The van der Waals surface area contributed by atoms with Crippen molar-refractivity contribution in [2.24, 2.45) is 0 Å². The molecule has 0 amide bonds. The predicted molar refractivity (Wildman–Crippen MR) is 86.4 cm³/mol. The molecular weight excluding hydrogens is 316 g/mol. The second-order valence-electron chi connectivity index (χ2n) is 6.52. The molecule has 7 nitrogen and oxygen atoms in total. The Morgan fingerprint density at radius 3 is 2.83 bits per heavy atom. The lowest BCUT2D eigenvalue weighted by Crippen LogP contribution is -2.44. The van der Waals surface area contributed by atoms with Gasteiger partial charge in [-0.3, -0.25) is 0 Å². The maximum atomic E-state index is 12.3. The Balaban J connectivity index is 1.89. The van der Waals surface area contributed by atoms with E-state index in [1.807, 2.05) is 6.07 Å². The number of hydrogen-bond acceptors (Lipinski definition) is 6. The molecule has 0 unspecified atom stereocenters. The van der Waals surface area contributed by atoms with Gasteiger partial charge in [-0.15, -0.1) is 5.10 Å². The maximum absolute atomic E-state index is 12.3. The second kappa shape index (κ2) is 4.91. The van der Waals surface area contributed by atoms with Gasteiger partial charge >= 0.3 is 0 Å². The highest BCUT2D eigenvalue weighted by Crippen LogP contribution is 2.54. The predicted octanol–water partition coefficient (Wildman–Crippen LogP) is 0.988. The highest BCUT2D eigenvalue weighted by molar-refractivity contribution is 7.92. The van der Waals surface area contributed by atoms with E-state index < -0.39 is 14.6 Å². The summed E-state index contributed by atoms with van der Waals surface area (Å²) < 4.78 is 31.1. The van der Waals surface area contributed by atoms with Gasteiger partial charge in [-0.05, 0) is 25.8 Å². The van der Waals surface area contributed by atoms with Crippen molar-refractivity contribution in [3.05, 3.63) is 24.2 Å². The molecule has 4 rings (SSSR count). The molecule has 0 spiro atoms. The summed E-state index contributed by atoms with van der Waals surface area (Å²) in [6, 6.07) is 2.14. The molecule has 23 heavy (non-hydrogen) atoms. The van der Waals surface area contributed by atoms with Crippen molar-refractivity contribution < 1.29 is 13.2 Å². The maximum Gasteiger partial charge on any atom is 0.157 e. The molecule has 1 saturated heterocycles. The number of anilines is 1. The van der Waals surface area contributed by atoms with Crippen molar-refractivity contribution in [3.63, 3.8) is 0 Å². The highest BCUT2D eigenvalue weighted by Gasteiger charge is 2.55. The third kappa shape index (κ3) is 2.23. The Kier molecular flexibility index (Phi) is 3.18. The van der Waals surface area contributed by atoms with Crippen molar-refractivity contribution >= 4 is 21.2 Å². The number of nitrogens with zero attached hydrogens (tertiary/aromatic N) is 4. The van der Waals surface area contributed by atoms with Crippen LogP contribution >= 0.6 is 0 Å². The summed E-state index contributed by atoms with van der Waals surface area (Å²) in [6.07, 6.45) is 5.97. The van der Waals surface area contributed by atoms with Crippen LogP contribution in [0.25, 0.3) is 5.52 Å². The fourth-order valence-corrected chi connectivity index (χ4v) is 4.84. The molecule has 3 heterocycles. The summed E-state index contributed by atoms with van der Waals surface area (Å²) in [6.45, 7) is 4.14. The Labute approximate surface area is 135 Å². The first-order chi connectivity index (χ1) is 10.9. The summed E-state index contributed by atoms with van der Waals surface area (Å²) in [5.74, 6) is 0.788. The first kappa shape index (κ1) is 14.9. The zero-order valence-electron chi connectivity index (χ0n) is 13.3. The van der Waals surface area contributed by atoms with Gasteiger partial charge in [0.25, 0.3) is 0 Å². The Morgan fingerprint density at radius 2 is 2.17 bits per heavy atom. The molecule has 1 aliphatic carbocycles. The fourth-order valence-electron chi connectivity index (χ4n) is 3.43. The van der Waals surface area contributed by atoms with Gasteiger partial charge in [0.05, 0.1) is 35.7 Å². The van der Waals surface area contributed by atoms with Crippen LogP contribution in [-0.2, 0) is 19.3 Å². The summed E-state index contributed by atoms with van der Waals surface area (Å²) in [7, 11) is -3.19. The lowest BCUT2D eigenvalue weighted by atomic mass is 10.1. The number of rotatable bonds is 3. The molecule has 2 fully saturated rings. The van der Waals surface area contributed by atoms with Crippen LogP contribution in [0.15, 0.2) is 18.6 Å². The number of hydrogen-bond donors (Lipinski definition) is 0. The van der Waals surface area contributed by atoms with E-state index >= 15 is 0 Å². The molecule has 0 radical (unpaired) electrons. The van der Waals surface area contributed by atoms with Gasteiger partial charge in [0.1, 0.15) is 12.1 Å². The minimum absolute atomic E-state index is 0.207. The van der Waals surface area contributed by atoms with E-state index in [2.05, 4.69) is 21.9 Å². The van der Waals surface area contributed by atoms with Gasteiger partial charge in [-0.2, -0.15) is 0 Å². The fraction of sp³-hybridized carbons (Fsp3) is 0.600. The van der Waals surface area contributed by atoms with Gasteiger partial charge in [0.2, 0.25) is 0 Å². The van der Waals surface area contributed by atoms with Crippen LogP contribution in [0.1, 0.15) is 25.3 Å². The molecule has 1 atom stereocenters. The molecule has 2 aliphatic rings. The zero-order chi connectivity index (χ0) is 16.2. The standard InChI is InChI=1S/C15H20N4O3S/c1-11-9-22-6-5-18(11)14-7-12(13-8-16-10-19(13)17-14)15(3-4-15)23(2,20)21/h7-8,10-11H,3-6,9H2,1-2H3/t11-/m1/s1. The monoisotopic (exact) mass is 336 g/mol. The van der Waals surface area contributed by atoms with Crippen LogP contribution in [0.4, 0.5) is 5.82 Å². The Morgan fingerprint density at radius 1 is 1.39 bits per heavy atom. The molecule has 0 aromatic carbocycles. The molecule has 124 valence electrons. The normalized spacial score (nSPS) is 24.1. The number of aromatic nitrogens is 3. The minimum atomic E-state index is -3.19. The molecule has 2 aromatic heterocycles. The second-order valence-corrected chi connectivity index (χ2v) is 8.85. The minimum Gasteiger partial charge on any atom is -0.377 e. The highest BCUT2D eigenvalue weighted by atomic mass is 32.2. The molecule has 1 saturated carbocycles. The van der Waals surface area contributed by atoms with Crippen LogP contribution in [0.3, 0.4) is 0 Å². The van der Waals surface area contributed by atoms with E-state index in [1.54, 1.807) is 17.0 Å². The molecule has 8 heteroatoms. The summed E-state index contributed by atoms with van der Waals surface area (Å²) in [5.41, 5.74) is 1.60. The van der Waals surface area contributed by atoms with Crippen molar-refractivity contribution in [3.8, 4) is 0 Å². The number of ether oxygens (including phenoxy) is 1. The van der Waals surface area contributed by atoms with E-state index in [9.17, 15) is 8.42 Å². The lowest BCUT2D eigenvalue weighted by molar-refractivity contribution is 0.0984. The van der Waals surface area contributed by atoms with Gasteiger partial charge < -0.3 is 9.64 Å². The van der Waals surface area contributed by atoms with E-state index in [-0.39, 0.29) is 6.04 Å². The van der Waals surface area contributed by atoms with Crippen LogP contribution in [0, 0.1) is 0 Å². The molecular formula is C15H20N4O3S. The van der Waals surface area contributed by atoms with Crippen molar-refractivity contribution in [2.45, 2.75) is 30.6 Å². The van der Waals surface area contributed by atoms with E-state index in [0.717, 1.165) is 23.4 Å². The molecule has 0 N–H and O–H groups in total. The SMILES string of the molecule is C[C@@H]1COCCN1c1cc(C2(S(C)(=O)=O)CC2)c2cncn2n1. The first-order valence-corrected chi connectivity index (χ1v) is 9.69. The van der Waals surface area contributed by atoms with E-state index in [4.69, 9.17) is 4.74 Å². The Bertz CT molecular complexity index is 857. The van der Waals surface area contributed by atoms with Crippen LogP contribution in [0.5, 0.6) is 0 Å². The largest absolute Gasteiger partial charge is 0.377 e. The van der Waals surface area contributed by atoms with Crippen molar-refractivity contribution in [1.82, 2.24) is 14.6 Å². The summed E-state index contributed by atoms with van der Waals surface area (Å²) in [4.78, 5) is 6.32. The molecule has 0 bridgehead atoms. The topological polar surface area (TPSA) is 76.8 Å². The molecule has 1 aliphatic heterocycles. The summed E-state index contributed by atoms with van der Waals surface area (Å²) in [5, 5.41) is 4.62. The average molecular weight is 336 g/mol. The average Bonchev–Trinajstić information content (AvgIpc) is 3.19.